The molecule has 0 radical (unpaired) electrons. The number of aromatic nitrogens is 3. The lowest BCUT2D eigenvalue weighted by molar-refractivity contribution is 0.166. The zero-order valence-electron chi connectivity index (χ0n) is 15.6. The van der Waals surface area contributed by atoms with Crippen LogP contribution in [-0.2, 0) is 0 Å². The van der Waals surface area contributed by atoms with Crippen LogP contribution < -0.4 is 9.47 Å². The number of benzene rings is 2. The summed E-state index contributed by atoms with van der Waals surface area (Å²) >= 11 is 1.56. The Morgan fingerprint density at radius 2 is 1.79 bits per heavy atom. The van der Waals surface area contributed by atoms with Gasteiger partial charge in [0.05, 0.1) is 16.4 Å². The fraction of sp³-hybridized carbons (Fsp3) is 0.136. The van der Waals surface area contributed by atoms with Crippen molar-refractivity contribution in [1.82, 2.24) is 15.0 Å². The Bertz CT molecular complexity index is 1190. The van der Waals surface area contributed by atoms with E-state index in [0.29, 0.717) is 41.8 Å². The summed E-state index contributed by atoms with van der Waals surface area (Å²) in [6.07, 6.45) is 1.76. The van der Waals surface area contributed by atoms with Gasteiger partial charge in [-0.25, -0.2) is 15.0 Å². The van der Waals surface area contributed by atoms with Crippen LogP contribution >= 0.6 is 11.3 Å². The van der Waals surface area contributed by atoms with Crippen LogP contribution in [0.2, 0.25) is 0 Å². The van der Waals surface area contributed by atoms with Crippen LogP contribution in [0.4, 0.5) is 0 Å². The Morgan fingerprint density at radius 1 is 0.966 bits per heavy atom. The minimum Gasteiger partial charge on any atom is -0.504 e. The minimum atomic E-state index is 0.00751. The first-order valence-corrected chi connectivity index (χ1v) is 10.1. The summed E-state index contributed by atoms with van der Waals surface area (Å²) in [6.45, 7) is 2.80. The van der Waals surface area contributed by atoms with Gasteiger partial charge in [-0.1, -0.05) is 30.3 Å². The Kier molecular flexibility index (Phi) is 4.37. The van der Waals surface area contributed by atoms with E-state index >= 15 is 0 Å². The van der Waals surface area contributed by atoms with Gasteiger partial charge in [0.15, 0.2) is 17.3 Å². The van der Waals surface area contributed by atoms with Crippen LogP contribution in [0.1, 0.15) is 5.01 Å². The van der Waals surface area contributed by atoms with E-state index in [1.807, 2.05) is 42.6 Å². The molecule has 1 N–H and O–H groups in total. The SMILES string of the molecule is Cc1nc(-c2cnc(-c3ccccc3)nc2-c2ccc3c(c2O)OCCO3)cs1. The molecule has 0 fully saturated rings. The number of aromatic hydroxyl groups is 1. The minimum absolute atomic E-state index is 0.00751. The lowest BCUT2D eigenvalue weighted by Crippen LogP contribution is -2.15. The zero-order chi connectivity index (χ0) is 19.8. The Morgan fingerprint density at radius 3 is 2.59 bits per heavy atom. The van der Waals surface area contributed by atoms with Crippen molar-refractivity contribution in [3.63, 3.8) is 0 Å². The van der Waals surface area contributed by atoms with Gasteiger partial charge in [-0.3, -0.25) is 0 Å². The standard InChI is InChI=1S/C22H17N3O3S/c1-13-24-17(12-29-13)16-11-23-22(14-5-3-2-4-6-14)25-19(16)15-7-8-18-21(20(15)26)28-10-9-27-18/h2-8,11-12,26H,9-10H2,1H3. The molecule has 0 atom stereocenters. The predicted octanol–water partition coefficient (Wildman–Crippen LogP) is 4.72. The number of fused-ring (bicyclic) bond motifs is 1. The van der Waals surface area contributed by atoms with E-state index in [0.717, 1.165) is 21.8 Å². The first kappa shape index (κ1) is 17.6. The average Bonchev–Trinajstić information content (AvgIpc) is 3.20. The highest BCUT2D eigenvalue weighted by Gasteiger charge is 2.23. The van der Waals surface area contributed by atoms with Gasteiger partial charge in [-0.15, -0.1) is 11.3 Å². The molecular weight excluding hydrogens is 386 g/mol. The van der Waals surface area contributed by atoms with E-state index in [9.17, 15) is 5.11 Å². The molecule has 2 aromatic heterocycles. The normalized spacial score (nSPS) is 12.7. The molecule has 1 aliphatic rings. The molecule has 0 saturated heterocycles. The molecule has 7 heteroatoms. The van der Waals surface area contributed by atoms with E-state index in [2.05, 4.69) is 9.97 Å². The molecule has 0 saturated carbocycles. The fourth-order valence-corrected chi connectivity index (χ4v) is 3.89. The summed E-state index contributed by atoms with van der Waals surface area (Å²) in [5, 5.41) is 13.9. The molecule has 29 heavy (non-hydrogen) atoms. The highest BCUT2D eigenvalue weighted by molar-refractivity contribution is 7.09. The molecule has 3 heterocycles. The van der Waals surface area contributed by atoms with Gasteiger partial charge in [0, 0.05) is 28.3 Å². The number of ether oxygens (including phenoxy) is 2. The topological polar surface area (TPSA) is 77.4 Å². The monoisotopic (exact) mass is 403 g/mol. The third kappa shape index (κ3) is 3.19. The van der Waals surface area contributed by atoms with E-state index in [-0.39, 0.29) is 5.75 Å². The van der Waals surface area contributed by atoms with Crippen LogP contribution in [0, 0.1) is 6.92 Å². The summed E-state index contributed by atoms with van der Waals surface area (Å²) in [4.78, 5) is 13.9. The largest absolute Gasteiger partial charge is 0.504 e. The molecule has 4 aromatic rings. The molecule has 5 rings (SSSR count). The summed E-state index contributed by atoms with van der Waals surface area (Å²) in [6, 6.07) is 13.3. The van der Waals surface area contributed by atoms with E-state index in [1.54, 1.807) is 29.7 Å². The van der Waals surface area contributed by atoms with Crippen molar-refractivity contribution in [3.8, 4) is 51.2 Å². The maximum absolute atomic E-state index is 10.9. The Balaban J connectivity index is 1.73. The molecular formula is C22H17N3O3S. The number of phenols is 1. The van der Waals surface area contributed by atoms with Gasteiger partial charge in [-0.05, 0) is 19.1 Å². The summed E-state index contributed by atoms with van der Waals surface area (Å²) in [5.41, 5.74) is 3.57. The molecule has 1 aliphatic heterocycles. The molecule has 0 unspecified atom stereocenters. The quantitative estimate of drug-likeness (QED) is 0.533. The Hall–Kier alpha value is -3.45. The van der Waals surface area contributed by atoms with Crippen molar-refractivity contribution in [3.05, 3.63) is 59.0 Å². The molecule has 0 bridgehead atoms. The lowest BCUT2D eigenvalue weighted by Gasteiger charge is -2.21. The molecule has 0 spiro atoms. The molecule has 0 amide bonds. The van der Waals surface area contributed by atoms with Gasteiger partial charge >= 0.3 is 0 Å². The summed E-state index contributed by atoms with van der Waals surface area (Å²) in [5.74, 6) is 1.45. The van der Waals surface area contributed by atoms with Crippen molar-refractivity contribution >= 4 is 11.3 Å². The van der Waals surface area contributed by atoms with Crippen LogP contribution in [-0.4, -0.2) is 33.3 Å². The number of rotatable bonds is 3. The van der Waals surface area contributed by atoms with Crippen molar-refractivity contribution in [2.24, 2.45) is 0 Å². The smallest absolute Gasteiger partial charge is 0.204 e. The highest BCUT2D eigenvalue weighted by Crippen LogP contribution is 2.46. The second kappa shape index (κ2) is 7.18. The second-order valence-electron chi connectivity index (χ2n) is 6.56. The average molecular weight is 403 g/mol. The number of aryl methyl sites for hydroxylation is 1. The van der Waals surface area contributed by atoms with Crippen molar-refractivity contribution in [2.45, 2.75) is 6.92 Å². The van der Waals surface area contributed by atoms with Crippen molar-refractivity contribution < 1.29 is 14.6 Å². The lowest BCUT2D eigenvalue weighted by atomic mass is 10.0. The van der Waals surface area contributed by atoms with Crippen molar-refractivity contribution in [2.75, 3.05) is 13.2 Å². The maximum atomic E-state index is 10.9. The Labute approximate surface area is 171 Å². The maximum Gasteiger partial charge on any atom is 0.204 e. The number of nitrogens with zero attached hydrogens (tertiary/aromatic N) is 3. The fourth-order valence-electron chi connectivity index (χ4n) is 3.28. The predicted molar refractivity (Wildman–Crippen MR) is 111 cm³/mol. The van der Waals surface area contributed by atoms with Crippen LogP contribution in [0.5, 0.6) is 17.2 Å². The summed E-state index contributed by atoms with van der Waals surface area (Å²) < 4.78 is 11.2. The third-order valence-electron chi connectivity index (χ3n) is 4.65. The third-order valence-corrected chi connectivity index (χ3v) is 5.43. The first-order valence-electron chi connectivity index (χ1n) is 9.17. The van der Waals surface area contributed by atoms with Crippen LogP contribution in [0.25, 0.3) is 33.9 Å². The van der Waals surface area contributed by atoms with E-state index in [1.165, 1.54) is 0 Å². The van der Waals surface area contributed by atoms with Gasteiger partial charge in [0.1, 0.15) is 13.2 Å². The molecule has 0 aliphatic carbocycles. The van der Waals surface area contributed by atoms with E-state index in [4.69, 9.17) is 14.5 Å². The van der Waals surface area contributed by atoms with Gasteiger partial charge < -0.3 is 14.6 Å². The second-order valence-corrected chi connectivity index (χ2v) is 7.62. The molecule has 144 valence electrons. The first-order chi connectivity index (χ1) is 14.2. The zero-order valence-corrected chi connectivity index (χ0v) is 16.4. The summed E-state index contributed by atoms with van der Waals surface area (Å²) in [7, 11) is 0. The molecule has 2 aromatic carbocycles. The van der Waals surface area contributed by atoms with Crippen LogP contribution in [0.15, 0.2) is 54.0 Å². The highest BCUT2D eigenvalue weighted by atomic mass is 32.1. The number of phenolic OH excluding ortho intramolecular Hbond substituents is 1. The van der Waals surface area contributed by atoms with Gasteiger partial charge in [0.2, 0.25) is 5.75 Å². The van der Waals surface area contributed by atoms with Gasteiger partial charge in [0.25, 0.3) is 0 Å². The van der Waals surface area contributed by atoms with Gasteiger partial charge in [-0.2, -0.15) is 0 Å². The number of hydrogen-bond acceptors (Lipinski definition) is 7. The number of hydrogen-bond donors (Lipinski definition) is 1. The molecule has 6 nitrogen and oxygen atoms in total. The van der Waals surface area contributed by atoms with E-state index < -0.39 is 0 Å². The van der Waals surface area contributed by atoms with Crippen molar-refractivity contribution in [1.29, 1.82) is 0 Å². The number of thiazole rings is 1. The van der Waals surface area contributed by atoms with Crippen LogP contribution in [0.3, 0.4) is 0 Å².